The van der Waals surface area contributed by atoms with Crippen LogP contribution in [-0.4, -0.2) is 77.4 Å². The molecule has 6 rings (SSSR count). The van der Waals surface area contributed by atoms with Crippen LogP contribution in [0.1, 0.15) is 98.5 Å². The summed E-state index contributed by atoms with van der Waals surface area (Å²) in [6.07, 6.45) is 5.60. The molecule has 55 heavy (non-hydrogen) atoms. The van der Waals surface area contributed by atoms with Crippen LogP contribution in [0.15, 0.2) is 67.3 Å². The lowest BCUT2D eigenvalue weighted by molar-refractivity contribution is -0.143. The number of amides is 4. The second-order valence-corrected chi connectivity index (χ2v) is 21.4. The Bertz CT molecular complexity index is 1900. The minimum atomic E-state index is -3.89. The smallest absolute Gasteiger partial charge is 0.408 e. The van der Waals surface area contributed by atoms with Crippen LogP contribution in [0.4, 0.5) is 4.79 Å². The van der Waals surface area contributed by atoms with Gasteiger partial charge in [-0.15, -0.1) is 18.3 Å². The van der Waals surface area contributed by atoms with Gasteiger partial charge in [0.2, 0.25) is 21.8 Å². The van der Waals surface area contributed by atoms with E-state index in [1.165, 1.54) is 0 Å². The SMILES string of the molecule is C=C[C@@H]1C[C@]1(NC(=O)[C@@H]1C[C@@](SC(C)C)(c2ccc(-c3ccccc3)cc2)CN1C(=O)[C@@H](NC(=O)OC1(C)CCCC1)C(C)(C)C)C(=O)NS(=O)(=O)C1CC1. The minimum absolute atomic E-state index is 0.101. The average Bonchev–Trinajstić information content (AvgIpc) is 4.03. The summed E-state index contributed by atoms with van der Waals surface area (Å²) >= 11 is 1.66. The van der Waals surface area contributed by atoms with Gasteiger partial charge in [-0.1, -0.05) is 95.3 Å². The van der Waals surface area contributed by atoms with E-state index in [9.17, 15) is 22.8 Å². The highest BCUT2D eigenvalue weighted by atomic mass is 32.2. The van der Waals surface area contributed by atoms with Crippen molar-refractivity contribution in [3.63, 3.8) is 0 Å². The molecule has 0 spiro atoms. The number of sulfonamides is 1. The summed E-state index contributed by atoms with van der Waals surface area (Å²) in [5.41, 5.74) is 0.112. The van der Waals surface area contributed by atoms with Crippen molar-refractivity contribution < 1.29 is 32.3 Å². The number of nitrogens with one attached hydrogen (secondary N) is 3. The Kier molecular flexibility index (Phi) is 11.3. The Morgan fingerprint density at radius 3 is 2.13 bits per heavy atom. The number of nitrogens with zero attached hydrogens (tertiary/aromatic N) is 1. The summed E-state index contributed by atoms with van der Waals surface area (Å²) in [6, 6.07) is 16.1. The number of rotatable bonds is 13. The van der Waals surface area contributed by atoms with Gasteiger partial charge in [0, 0.05) is 12.5 Å². The van der Waals surface area contributed by atoms with Crippen molar-refractivity contribution in [2.75, 3.05) is 6.54 Å². The molecule has 1 aliphatic heterocycles. The van der Waals surface area contributed by atoms with Crippen molar-refractivity contribution in [1.82, 2.24) is 20.3 Å². The van der Waals surface area contributed by atoms with Gasteiger partial charge in [0.15, 0.2) is 0 Å². The molecule has 298 valence electrons. The number of hydrogen-bond acceptors (Lipinski definition) is 8. The Balaban J connectivity index is 1.35. The first-order chi connectivity index (χ1) is 25.8. The lowest BCUT2D eigenvalue weighted by atomic mass is 9.85. The molecule has 4 amide bonds. The highest BCUT2D eigenvalue weighted by Crippen LogP contribution is 2.51. The number of hydrogen-bond donors (Lipinski definition) is 3. The Labute approximate surface area is 330 Å². The molecule has 0 radical (unpaired) electrons. The van der Waals surface area contributed by atoms with Gasteiger partial charge < -0.3 is 20.3 Å². The molecule has 0 aromatic heterocycles. The zero-order valence-corrected chi connectivity index (χ0v) is 34.5. The summed E-state index contributed by atoms with van der Waals surface area (Å²) in [7, 11) is -3.89. The summed E-state index contributed by atoms with van der Waals surface area (Å²) in [4.78, 5) is 58.4. The van der Waals surface area contributed by atoms with Gasteiger partial charge in [-0.3, -0.25) is 19.1 Å². The number of likely N-dealkylation sites (tertiary alicyclic amines) is 1. The lowest BCUT2D eigenvalue weighted by Gasteiger charge is -2.37. The monoisotopic (exact) mass is 792 g/mol. The van der Waals surface area contributed by atoms with Crippen LogP contribution in [0.5, 0.6) is 0 Å². The van der Waals surface area contributed by atoms with E-state index in [0.717, 1.165) is 42.4 Å². The summed E-state index contributed by atoms with van der Waals surface area (Å²) in [6.45, 7) is 15.6. The predicted molar refractivity (Wildman–Crippen MR) is 215 cm³/mol. The molecule has 4 aliphatic rings. The van der Waals surface area contributed by atoms with Crippen LogP contribution < -0.4 is 15.4 Å². The second kappa shape index (κ2) is 15.2. The van der Waals surface area contributed by atoms with Gasteiger partial charge in [-0.25, -0.2) is 13.2 Å². The van der Waals surface area contributed by atoms with Gasteiger partial charge in [0.05, 0.1) is 10.00 Å². The van der Waals surface area contributed by atoms with Crippen LogP contribution in [-0.2, 0) is 33.9 Å². The molecule has 3 saturated carbocycles. The second-order valence-electron chi connectivity index (χ2n) is 17.5. The fourth-order valence-corrected chi connectivity index (χ4v) is 11.2. The molecule has 1 heterocycles. The maximum atomic E-state index is 15.0. The number of alkyl carbamates (subject to hydrolysis) is 1. The van der Waals surface area contributed by atoms with E-state index in [1.807, 2.05) is 82.3 Å². The van der Waals surface area contributed by atoms with E-state index in [4.69, 9.17) is 4.74 Å². The van der Waals surface area contributed by atoms with Crippen molar-refractivity contribution in [2.45, 2.75) is 131 Å². The molecule has 5 atom stereocenters. The quantitative estimate of drug-likeness (QED) is 0.196. The van der Waals surface area contributed by atoms with Crippen LogP contribution in [0, 0.1) is 11.3 Å². The largest absolute Gasteiger partial charge is 0.443 e. The van der Waals surface area contributed by atoms with Gasteiger partial charge in [0.1, 0.15) is 23.2 Å². The first-order valence-electron chi connectivity index (χ1n) is 19.5. The van der Waals surface area contributed by atoms with Crippen LogP contribution in [0.2, 0.25) is 0 Å². The zero-order chi connectivity index (χ0) is 40.0. The lowest BCUT2D eigenvalue weighted by Crippen LogP contribution is -2.60. The molecule has 13 heteroatoms. The predicted octanol–water partition coefficient (Wildman–Crippen LogP) is 6.43. The number of carbonyl (C=O) groups excluding carboxylic acids is 4. The van der Waals surface area contributed by atoms with E-state index in [0.29, 0.717) is 12.8 Å². The summed E-state index contributed by atoms with van der Waals surface area (Å²) < 4.78 is 33.0. The van der Waals surface area contributed by atoms with Crippen molar-refractivity contribution in [2.24, 2.45) is 11.3 Å². The number of ether oxygens (including phenoxy) is 1. The highest BCUT2D eigenvalue weighted by molar-refractivity contribution is 8.00. The number of thioether (sulfide) groups is 1. The van der Waals surface area contributed by atoms with Crippen LogP contribution in [0.25, 0.3) is 11.1 Å². The van der Waals surface area contributed by atoms with E-state index in [2.05, 4.69) is 35.8 Å². The van der Waals surface area contributed by atoms with Gasteiger partial charge in [-0.05, 0) is 85.6 Å². The van der Waals surface area contributed by atoms with Crippen molar-refractivity contribution >= 4 is 45.6 Å². The summed E-state index contributed by atoms with van der Waals surface area (Å²) in [5, 5.41) is 5.28. The maximum absolute atomic E-state index is 15.0. The third-order valence-electron chi connectivity index (χ3n) is 11.5. The highest BCUT2D eigenvalue weighted by Gasteiger charge is 2.63. The molecule has 2 aromatic rings. The standard InChI is InChI=1S/C42H56N4O7S2/c1-8-30-24-42(30,37(49)45-55(51,52)32-20-21-32)44-35(47)33-25-41(54-27(2)3,31-18-16-29(17-19-31)28-14-10-9-11-15-28)26-46(33)36(48)34(39(4,5)6)43-38(50)53-40(7)22-12-13-23-40/h8-11,14-19,27,30,32-34H,1,12-13,20-26H2,2-7H3,(H,43,50)(H,44,47)(H,45,49)/t30-,33+,34-,41+,42-/m1/s1. The third kappa shape index (κ3) is 8.77. The first kappa shape index (κ1) is 40.8. The number of benzene rings is 2. The summed E-state index contributed by atoms with van der Waals surface area (Å²) in [5.74, 6) is -2.31. The first-order valence-corrected chi connectivity index (χ1v) is 21.9. The molecular formula is C42H56N4O7S2. The molecule has 0 bridgehead atoms. The molecule has 4 fully saturated rings. The fourth-order valence-electron chi connectivity index (χ4n) is 8.18. The van der Waals surface area contributed by atoms with Gasteiger partial charge in [0.25, 0.3) is 5.91 Å². The molecule has 3 aliphatic carbocycles. The van der Waals surface area contributed by atoms with E-state index in [1.54, 1.807) is 22.7 Å². The van der Waals surface area contributed by atoms with E-state index in [-0.39, 0.29) is 24.6 Å². The average molecular weight is 793 g/mol. The fraction of sp³-hybridized carbons (Fsp3) is 0.571. The normalized spacial score (nSPS) is 26.6. The Morgan fingerprint density at radius 2 is 1.58 bits per heavy atom. The molecule has 3 N–H and O–H groups in total. The Morgan fingerprint density at radius 1 is 0.964 bits per heavy atom. The van der Waals surface area contributed by atoms with Crippen LogP contribution in [0.3, 0.4) is 0 Å². The molecular weight excluding hydrogens is 737 g/mol. The maximum Gasteiger partial charge on any atom is 0.408 e. The Hall–Kier alpha value is -3.84. The third-order valence-corrected chi connectivity index (χ3v) is 14.8. The minimum Gasteiger partial charge on any atom is -0.443 e. The molecule has 1 saturated heterocycles. The van der Waals surface area contributed by atoms with E-state index < -0.39 is 78.4 Å². The topological polar surface area (TPSA) is 151 Å². The van der Waals surface area contributed by atoms with Gasteiger partial charge in [-0.2, -0.15) is 0 Å². The van der Waals surface area contributed by atoms with Crippen LogP contribution >= 0.6 is 11.8 Å². The number of carbonyl (C=O) groups is 4. The van der Waals surface area contributed by atoms with Gasteiger partial charge >= 0.3 is 6.09 Å². The molecule has 11 nitrogen and oxygen atoms in total. The molecule has 2 aromatic carbocycles. The zero-order valence-electron chi connectivity index (χ0n) is 32.9. The molecule has 0 unspecified atom stereocenters. The van der Waals surface area contributed by atoms with Crippen molar-refractivity contribution in [3.8, 4) is 11.1 Å². The van der Waals surface area contributed by atoms with E-state index >= 15 is 4.79 Å². The van der Waals surface area contributed by atoms with Crippen molar-refractivity contribution in [1.29, 1.82) is 0 Å². The van der Waals surface area contributed by atoms with Crippen molar-refractivity contribution in [3.05, 3.63) is 72.8 Å².